The predicted molar refractivity (Wildman–Crippen MR) is 76.8 cm³/mol. The molecule has 0 atom stereocenters. The SMILES string of the molecule is CC(C)CCC(=CCOC1COC1)CCC(C)C. The first-order chi connectivity index (χ1) is 8.58. The third-order valence-corrected chi connectivity index (χ3v) is 3.40. The fourth-order valence-corrected chi connectivity index (χ4v) is 1.89. The lowest BCUT2D eigenvalue weighted by Crippen LogP contribution is -2.36. The van der Waals surface area contributed by atoms with Crippen LogP contribution in [0.15, 0.2) is 11.6 Å². The van der Waals surface area contributed by atoms with Crippen molar-refractivity contribution in [3.63, 3.8) is 0 Å². The van der Waals surface area contributed by atoms with Crippen molar-refractivity contribution in [1.29, 1.82) is 0 Å². The molecule has 0 aliphatic carbocycles. The molecule has 0 aromatic carbocycles. The van der Waals surface area contributed by atoms with Crippen LogP contribution in [-0.4, -0.2) is 25.9 Å². The zero-order valence-electron chi connectivity index (χ0n) is 12.6. The Hall–Kier alpha value is -0.340. The van der Waals surface area contributed by atoms with E-state index in [-0.39, 0.29) is 0 Å². The second-order valence-electron chi connectivity index (χ2n) is 6.22. The van der Waals surface area contributed by atoms with Crippen molar-refractivity contribution in [1.82, 2.24) is 0 Å². The molecule has 2 heteroatoms. The maximum absolute atomic E-state index is 5.72. The second-order valence-corrected chi connectivity index (χ2v) is 6.22. The zero-order valence-corrected chi connectivity index (χ0v) is 12.6. The number of ether oxygens (including phenoxy) is 2. The summed E-state index contributed by atoms with van der Waals surface area (Å²) in [5, 5.41) is 0. The molecule has 18 heavy (non-hydrogen) atoms. The van der Waals surface area contributed by atoms with Gasteiger partial charge >= 0.3 is 0 Å². The Kier molecular flexibility index (Phi) is 7.60. The smallest absolute Gasteiger partial charge is 0.104 e. The Morgan fingerprint density at radius 3 is 2.06 bits per heavy atom. The van der Waals surface area contributed by atoms with Crippen LogP contribution >= 0.6 is 0 Å². The molecule has 1 aliphatic heterocycles. The highest BCUT2D eigenvalue weighted by Crippen LogP contribution is 2.19. The molecule has 0 saturated carbocycles. The number of allylic oxidation sites excluding steroid dienone is 1. The molecule has 0 unspecified atom stereocenters. The van der Waals surface area contributed by atoms with E-state index >= 15 is 0 Å². The first-order valence-electron chi connectivity index (χ1n) is 7.45. The van der Waals surface area contributed by atoms with Gasteiger partial charge in [0.15, 0.2) is 0 Å². The van der Waals surface area contributed by atoms with E-state index < -0.39 is 0 Å². The number of hydrogen-bond donors (Lipinski definition) is 0. The van der Waals surface area contributed by atoms with E-state index in [0.29, 0.717) is 6.10 Å². The van der Waals surface area contributed by atoms with Gasteiger partial charge in [0.25, 0.3) is 0 Å². The van der Waals surface area contributed by atoms with Crippen molar-refractivity contribution in [3.05, 3.63) is 11.6 Å². The standard InChI is InChI=1S/C16H30O2/c1-13(2)5-7-15(8-6-14(3)4)9-10-18-16-11-17-12-16/h9,13-14,16H,5-8,10-12H2,1-4H3. The molecule has 0 aromatic heterocycles. The van der Waals surface area contributed by atoms with Gasteiger partial charge in [-0.2, -0.15) is 0 Å². The minimum absolute atomic E-state index is 0.345. The molecule has 0 N–H and O–H groups in total. The fourth-order valence-electron chi connectivity index (χ4n) is 1.89. The van der Waals surface area contributed by atoms with Gasteiger partial charge in [0.2, 0.25) is 0 Å². The Bertz CT molecular complexity index is 225. The maximum atomic E-state index is 5.72. The van der Waals surface area contributed by atoms with Gasteiger partial charge in [-0.3, -0.25) is 0 Å². The van der Waals surface area contributed by atoms with Crippen LogP contribution in [0.25, 0.3) is 0 Å². The summed E-state index contributed by atoms with van der Waals surface area (Å²) in [6.07, 6.45) is 7.69. The fraction of sp³-hybridized carbons (Fsp3) is 0.875. The molecular weight excluding hydrogens is 224 g/mol. The molecule has 1 saturated heterocycles. The van der Waals surface area contributed by atoms with E-state index in [1.165, 1.54) is 25.7 Å². The minimum atomic E-state index is 0.345. The highest BCUT2D eigenvalue weighted by Gasteiger charge is 2.17. The van der Waals surface area contributed by atoms with Crippen molar-refractivity contribution in [2.75, 3.05) is 19.8 Å². The summed E-state index contributed by atoms with van der Waals surface area (Å²) in [6.45, 7) is 11.5. The lowest BCUT2D eigenvalue weighted by Gasteiger charge is -2.25. The molecule has 106 valence electrons. The molecule has 0 radical (unpaired) electrons. The van der Waals surface area contributed by atoms with Gasteiger partial charge in [-0.25, -0.2) is 0 Å². The topological polar surface area (TPSA) is 18.5 Å². The molecule has 2 nitrogen and oxygen atoms in total. The van der Waals surface area contributed by atoms with Crippen LogP contribution in [0.4, 0.5) is 0 Å². The molecular formula is C16H30O2. The lowest BCUT2D eigenvalue weighted by atomic mass is 9.96. The summed E-state index contributed by atoms with van der Waals surface area (Å²) in [5.74, 6) is 1.57. The molecule has 0 amide bonds. The van der Waals surface area contributed by atoms with E-state index in [0.717, 1.165) is 31.7 Å². The zero-order chi connectivity index (χ0) is 13.4. The molecule has 1 aliphatic rings. The van der Waals surface area contributed by atoms with E-state index in [2.05, 4.69) is 33.8 Å². The van der Waals surface area contributed by atoms with Gasteiger partial charge in [-0.1, -0.05) is 39.3 Å². The van der Waals surface area contributed by atoms with Crippen LogP contribution in [0.1, 0.15) is 53.4 Å². The van der Waals surface area contributed by atoms with Gasteiger partial charge < -0.3 is 9.47 Å². The summed E-state index contributed by atoms with van der Waals surface area (Å²) >= 11 is 0. The number of rotatable bonds is 9. The normalized spacial score (nSPS) is 16.1. The Morgan fingerprint density at radius 1 is 1.11 bits per heavy atom. The predicted octanol–water partition coefficient (Wildman–Crippen LogP) is 4.20. The average molecular weight is 254 g/mol. The van der Waals surface area contributed by atoms with Crippen LogP contribution in [0.2, 0.25) is 0 Å². The minimum Gasteiger partial charge on any atom is -0.376 e. The highest BCUT2D eigenvalue weighted by atomic mass is 16.6. The molecule has 1 fully saturated rings. The van der Waals surface area contributed by atoms with Crippen molar-refractivity contribution in [3.8, 4) is 0 Å². The third-order valence-electron chi connectivity index (χ3n) is 3.40. The average Bonchev–Trinajstić information content (AvgIpc) is 2.23. The van der Waals surface area contributed by atoms with Gasteiger partial charge in [0.05, 0.1) is 19.8 Å². The van der Waals surface area contributed by atoms with Crippen LogP contribution in [0.3, 0.4) is 0 Å². The third kappa shape index (κ3) is 7.17. The van der Waals surface area contributed by atoms with E-state index in [1.807, 2.05) is 0 Å². The van der Waals surface area contributed by atoms with Gasteiger partial charge in [0.1, 0.15) is 6.10 Å². The van der Waals surface area contributed by atoms with Gasteiger partial charge in [-0.05, 0) is 37.5 Å². The summed E-state index contributed by atoms with van der Waals surface area (Å²) < 4.78 is 10.8. The molecule has 1 rings (SSSR count). The molecule has 0 spiro atoms. The van der Waals surface area contributed by atoms with Crippen LogP contribution in [0.5, 0.6) is 0 Å². The first-order valence-corrected chi connectivity index (χ1v) is 7.45. The lowest BCUT2D eigenvalue weighted by molar-refractivity contribution is -0.122. The van der Waals surface area contributed by atoms with E-state index in [1.54, 1.807) is 5.57 Å². The summed E-state index contributed by atoms with van der Waals surface area (Å²) in [4.78, 5) is 0. The first kappa shape index (κ1) is 15.7. The van der Waals surface area contributed by atoms with Crippen LogP contribution in [0, 0.1) is 11.8 Å². The Morgan fingerprint density at radius 2 is 1.67 bits per heavy atom. The molecule has 1 heterocycles. The van der Waals surface area contributed by atoms with Gasteiger partial charge in [0, 0.05) is 0 Å². The van der Waals surface area contributed by atoms with Crippen molar-refractivity contribution >= 4 is 0 Å². The Labute approximate surface area is 113 Å². The maximum Gasteiger partial charge on any atom is 0.104 e. The van der Waals surface area contributed by atoms with E-state index in [4.69, 9.17) is 9.47 Å². The van der Waals surface area contributed by atoms with Crippen LogP contribution in [-0.2, 0) is 9.47 Å². The van der Waals surface area contributed by atoms with Gasteiger partial charge in [-0.15, -0.1) is 0 Å². The summed E-state index contributed by atoms with van der Waals surface area (Å²) in [6, 6.07) is 0. The van der Waals surface area contributed by atoms with Crippen molar-refractivity contribution < 1.29 is 9.47 Å². The Balaban J connectivity index is 2.28. The van der Waals surface area contributed by atoms with Crippen molar-refractivity contribution in [2.24, 2.45) is 11.8 Å². The summed E-state index contributed by atoms with van der Waals surface area (Å²) in [5.41, 5.74) is 1.58. The molecule has 0 bridgehead atoms. The quantitative estimate of drug-likeness (QED) is 0.574. The molecule has 0 aromatic rings. The summed E-state index contributed by atoms with van der Waals surface area (Å²) in [7, 11) is 0. The van der Waals surface area contributed by atoms with Crippen LogP contribution < -0.4 is 0 Å². The number of hydrogen-bond acceptors (Lipinski definition) is 2. The monoisotopic (exact) mass is 254 g/mol. The van der Waals surface area contributed by atoms with Crippen molar-refractivity contribution in [2.45, 2.75) is 59.5 Å². The highest BCUT2D eigenvalue weighted by molar-refractivity contribution is 5.02. The second kappa shape index (κ2) is 8.71. The largest absolute Gasteiger partial charge is 0.376 e. The van der Waals surface area contributed by atoms with E-state index in [9.17, 15) is 0 Å².